The van der Waals surface area contributed by atoms with E-state index in [-0.39, 0.29) is 0 Å². The Morgan fingerprint density at radius 1 is 1.11 bits per heavy atom. The third kappa shape index (κ3) is 5.10. The maximum absolute atomic E-state index is 5.07. The summed E-state index contributed by atoms with van der Waals surface area (Å²) in [5.41, 5.74) is 2.59. The number of fused-ring (bicyclic) bond motifs is 1. The summed E-state index contributed by atoms with van der Waals surface area (Å²) in [4.78, 5) is 15.2. The fraction of sp³-hybridized carbons (Fsp3) is 0.810. The number of nitrogens with zero attached hydrogens (tertiary/aromatic N) is 4. The Labute approximate surface area is 174 Å². The summed E-state index contributed by atoms with van der Waals surface area (Å²) in [5, 5.41) is 7.24. The van der Waals surface area contributed by atoms with E-state index in [1.54, 1.807) is 0 Å². The summed E-state index contributed by atoms with van der Waals surface area (Å²) in [7, 11) is 0. The summed E-state index contributed by atoms with van der Waals surface area (Å²) >= 11 is 1.94. The molecule has 2 saturated heterocycles. The number of nitrogens with one attached hydrogen (secondary N) is 2. The minimum atomic E-state index is 0.465. The molecule has 0 aliphatic carbocycles. The lowest BCUT2D eigenvalue weighted by Gasteiger charge is -2.33. The van der Waals surface area contributed by atoms with Gasteiger partial charge in [-0.1, -0.05) is 12.8 Å². The number of aromatic nitrogens is 2. The van der Waals surface area contributed by atoms with Gasteiger partial charge in [0, 0.05) is 63.0 Å². The molecule has 2 fully saturated rings. The monoisotopic (exact) mass is 404 g/mol. The minimum absolute atomic E-state index is 0.465. The average molecular weight is 405 g/mol. The lowest BCUT2D eigenvalue weighted by molar-refractivity contribution is 0.228. The van der Waals surface area contributed by atoms with E-state index in [1.165, 1.54) is 74.4 Å². The van der Waals surface area contributed by atoms with Gasteiger partial charge in [-0.2, -0.15) is 16.7 Å². The fourth-order valence-corrected chi connectivity index (χ4v) is 5.15. The van der Waals surface area contributed by atoms with Crippen LogP contribution in [0.5, 0.6) is 0 Å². The molecule has 2 N–H and O–H groups in total. The van der Waals surface area contributed by atoms with E-state index in [1.807, 2.05) is 11.8 Å². The SMILES string of the molecule is CSCCN1CCCC(Nc2nc3c(c(N4CCCCCC4)n2)CNCC3)C1. The first-order valence-electron chi connectivity index (χ1n) is 11.2. The van der Waals surface area contributed by atoms with Crippen LogP contribution in [-0.4, -0.2) is 72.2 Å². The van der Waals surface area contributed by atoms with Gasteiger partial charge < -0.3 is 20.4 Å². The van der Waals surface area contributed by atoms with Crippen LogP contribution in [0.25, 0.3) is 0 Å². The topological polar surface area (TPSA) is 56.3 Å². The number of hydrogen-bond acceptors (Lipinski definition) is 7. The Morgan fingerprint density at radius 3 is 2.79 bits per heavy atom. The molecule has 156 valence electrons. The van der Waals surface area contributed by atoms with Gasteiger partial charge in [-0.25, -0.2) is 4.98 Å². The maximum Gasteiger partial charge on any atom is 0.225 e. The zero-order valence-corrected chi connectivity index (χ0v) is 18.2. The molecule has 4 rings (SSSR count). The standard InChI is InChI=1S/C21H36N6S/c1-28-14-13-26-10-6-7-17(16-26)23-21-24-19-8-9-22-15-18(19)20(25-21)27-11-4-2-3-5-12-27/h17,22H,2-16H2,1H3,(H,23,24,25). The summed E-state index contributed by atoms with van der Waals surface area (Å²) < 4.78 is 0. The Bertz CT molecular complexity index is 632. The molecule has 7 heteroatoms. The van der Waals surface area contributed by atoms with Crippen molar-refractivity contribution < 1.29 is 0 Å². The van der Waals surface area contributed by atoms with Crippen LogP contribution in [0.4, 0.5) is 11.8 Å². The highest BCUT2D eigenvalue weighted by Crippen LogP contribution is 2.28. The number of likely N-dealkylation sites (tertiary alicyclic amines) is 1. The van der Waals surface area contributed by atoms with Crippen LogP contribution in [0, 0.1) is 0 Å². The highest BCUT2D eigenvalue weighted by Gasteiger charge is 2.25. The van der Waals surface area contributed by atoms with E-state index in [9.17, 15) is 0 Å². The number of piperidine rings is 1. The highest BCUT2D eigenvalue weighted by molar-refractivity contribution is 7.98. The molecule has 0 amide bonds. The van der Waals surface area contributed by atoms with E-state index in [0.717, 1.165) is 45.1 Å². The second-order valence-corrected chi connectivity index (χ2v) is 9.39. The number of rotatable bonds is 6. The van der Waals surface area contributed by atoms with Gasteiger partial charge in [0.1, 0.15) is 5.82 Å². The number of hydrogen-bond donors (Lipinski definition) is 2. The van der Waals surface area contributed by atoms with Gasteiger partial charge in [0.2, 0.25) is 5.95 Å². The van der Waals surface area contributed by atoms with Gasteiger partial charge in [0.15, 0.2) is 0 Å². The predicted octanol–water partition coefficient (Wildman–Crippen LogP) is 2.74. The van der Waals surface area contributed by atoms with Gasteiger partial charge in [0.25, 0.3) is 0 Å². The van der Waals surface area contributed by atoms with Crippen molar-refractivity contribution in [3.8, 4) is 0 Å². The van der Waals surface area contributed by atoms with E-state index in [2.05, 4.69) is 26.7 Å². The predicted molar refractivity (Wildman–Crippen MR) is 120 cm³/mol. The summed E-state index contributed by atoms with van der Waals surface area (Å²) in [6.07, 6.45) is 10.9. The van der Waals surface area contributed by atoms with E-state index >= 15 is 0 Å². The molecule has 0 spiro atoms. The lowest BCUT2D eigenvalue weighted by Crippen LogP contribution is -2.43. The summed E-state index contributed by atoms with van der Waals surface area (Å²) in [5.74, 6) is 3.27. The third-order valence-corrected chi connectivity index (χ3v) is 6.86. The maximum atomic E-state index is 5.07. The van der Waals surface area contributed by atoms with E-state index in [0.29, 0.717) is 6.04 Å². The molecule has 0 bridgehead atoms. The fourth-order valence-electron chi connectivity index (χ4n) is 4.71. The van der Waals surface area contributed by atoms with E-state index in [4.69, 9.17) is 9.97 Å². The van der Waals surface area contributed by atoms with Crippen molar-refractivity contribution in [3.05, 3.63) is 11.3 Å². The zero-order chi connectivity index (χ0) is 19.2. The first kappa shape index (κ1) is 20.2. The second kappa shape index (κ2) is 10.1. The van der Waals surface area contributed by atoms with Gasteiger partial charge >= 0.3 is 0 Å². The summed E-state index contributed by atoms with van der Waals surface area (Å²) in [6.45, 7) is 7.73. The van der Waals surface area contributed by atoms with Crippen LogP contribution in [0.2, 0.25) is 0 Å². The van der Waals surface area contributed by atoms with Gasteiger partial charge in [-0.15, -0.1) is 0 Å². The molecule has 1 unspecified atom stereocenters. The Morgan fingerprint density at radius 2 is 1.96 bits per heavy atom. The van der Waals surface area contributed by atoms with Gasteiger partial charge in [0.05, 0.1) is 5.69 Å². The van der Waals surface area contributed by atoms with Crippen molar-refractivity contribution in [3.63, 3.8) is 0 Å². The number of thioether (sulfide) groups is 1. The minimum Gasteiger partial charge on any atom is -0.356 e. The molecule has 6 nitrogen and oxygen atoms in total. The normalized spacial score (nSPS) is 23.9. The van der Waals surface area contributed by atoms with Crippen molar-refractivity contribution in [2.75, 3.05) is 61.5 Å². The van der Waals surface area contributed by atoms with Crippen molar-refractivity contribution in [2.24, 2.45) is 0 Å². The third-order valence-electron chi connectivity index (χ3n) is 6.27. The van der Waals surface area contributed by atoms with Gasteiger partial charge in [-0.3, -0.25) is 0 Å². The Kier molecular flexibility index (Phi) is 7.31. The molecule has 28 heavy (non-hydrogen) atoms. The Balaban J connectivity index is 1.51. The molecule has 0 aromatic carbocycles. The quantitative estimate of drug-likeness (QED) is 0.756. The van der Waals surface area contributed by atoms with Crippen molar-refractivity contribution >= 4 is 23.5 Å². The van der Waals surface area contributed by atoms with Crippen molar-refractivity contribution in [1.82, 2.24) is 20.2 Å². The van der Waals surface area contributed by atoms with Crippen molar-refractivity contribution in [2.45, 2.75) is 57.5 Å². The van der Waals surface area contributed by atoms with Crippen LogP contribution in [0.1, 0.15) is 49.8 Å². The smallest absolute Gasteiger partial charge is 0.225 e. The molecular weight excluding hydrogens is 368 g/mol. The van der Waals surface area contributed by atoms with Crippen LogP contribution in [-0.2, 0) is 13.0 Å². The molecule has 3 aliphatic rings. The lowest BCUT2D eigenvalue weighted by atomic mass is 10.1. The molecule has 1 aromatic rings. The van der Waals surface area contributed by atoms with E-state index < -0.39 is 0 Å². The van der Waals surface area contributed by atoms with Crippen molar-refractivity contribution in [1.29, 1.82) is 0 Å². The Hall–Kier alpha value is -1.05. The zero-order valence-electron chi connectivity index (χ0n) is 17.4. The van der Waals surface area contributed by atoms with Gasteiger partial charge in [-0.05, 0) is 38.5 Å². The number of anilines is 2. The van der Waals surface area contributed by atoms with Crippen LogP contribution >= 0.6 is 11.8 Å². The first-order valence-corrected chi connectivity index (χ1v) is 12.6. The summed E-state index contributed by atoms with van der Waals surface area (Å²) in [6, 6.07) is 0.465. The molecule has 1 aromatic heterocycles. The molecule has 0 radical (unpaired) electrons. The molecule has 0 saturated carbocycles. The van der Waals surface area contributed by atoms with Crippen LogP contribution in [0.15, 0.2) is 0 Å². The molecule has 3 aliphatic heterocycles. The molecule has 1 atom stereocenters. The van der Waals surface area contributed by atoms with Crippen LogP contribution < -0.4 is 15.5 Å². The largest absolute Gasteiger partial charge is 0.356 e. The highest BCUT2D eigenvalue weighted by atomic mass is 32.2. The average Bonchev–Trinajstić information content (AvgIpc) is 3.01. The molecule has 4 heterocycles. The molecular formula is C21H36N6S. The second-order valence-electron chi connectivity index (χ2n) is 8.40. The van der Waals surface area contributed by atoms with Crippen LogP contribution in [0.3, 0.4) is 0 Å². The first-order chi connectivity index (χ1) is 13.8.